The highest BCUT2D eigenvalue weighted by atomic mass is 35.5. The minimum Gasteiger partial charge on any atom is -0.369 e. The van der Waals surface area contributed by atoms with Crippen LogP contribution in [-0.2, 0) is 0 Å². The number of likely N-dealkylation sites (N-methyl/N-ethyl adjacent to an activating group) is 1. The number of H-pyrrole nitrogens is 1. The van der Waals surface area contributed by atoms with Crippen LogP contribution in [0.2, 0.25) is 5.02 Å². The van der Waals surface area contributed by atoms with Crippen LogP contribution in [-0.4, -0.2) is 70.5 Å². The van der Waals surface area contributed by atoms with Crippen LogP contribution in [0.15, 0.2) is 48.8 Å². The maximum absolute atomic E-state index is 12.0. The van der Waals surface area contributed by atoms with Crippen molar-refractivity contribution in [1.29, 1.82) is 0 Å². The Morgan fingerprint density at radius 2 is 1.91 bits per heavy atom. The molecule has 4 aromatic rings. The van der Waals surface area contributed by atoms with Gasteiger partial charge in [0.2, 0.25) is 0 Å². The fraction of sp³-hybridized carbons (Fsp3) is 0.280. The number of anilines is 1. The van der Waals surface area contributed by atoms with Crippen molar-refractivity contribution in [3.8, 4) is 22.8 Å². The third-order valence-electron chi connectivity index (χ3n) is 6.05. The van der Waals surface area contributed by atoms with Gasteiger partial charge in [0.1, 0.15) is 5.69 Å². The Hall–Kier alpha value is -3.49. The van der Waals surface area contributed by atoms with E-state index in [4.69, 9.17) is 16.6 Å². The molecule has 4 heterocycles. The summed E-state index contributed by atoms with van der Waals surface area (Å²) in [5.74, 6) is 0.514. The lowest BCUT2D eigenvalue weighted by atomic mass is 10.1. The van der Waals surface area contributed by atoms with Crippen molar-refractivity contribution in [2.24, 2.45) is 0 Å². The van der Waals surface area contributed by atoms with Gasteiger partial charge in [-0.1, -0.05) is 11.6 Å². The van der Waals surface area contributed by atoms with Gasteiger partial charge in [-0.05, 0) is 50.4 Å². The van der Waals surface area contributed by atoms with E-state index in [-0.39, 0.29) is 5.91 Å². The number of hydrogen-bond donors (Lipinski definition) is 2. The first-order valence-corrected chi connectivity index (χ1v) is 11.7. The molecule has 1 aliphatic rings. The molecule has 1 aromatic carbocycles. The van der Waals surface area contributed by atoms with Gasteiger partial charge in [0, 0.05) is 56.4 Å². The Morgan fingerprint density at radius 1 is 1.09 bits per heavy atom. The molecule has 5 rings (SSSR count). The molecular weight excluding hydrogens is 450 g/mol. The van der Waals surface area contributed by atoms with E-state index in [0.717, 1.165) is 48.5 Å². The summed E-state index contributed by atoms with van der Waals surface area (Å²) < 4.78 is 0. The molecule has 0 unspecified atom stereocenters. The first kappa shape index (κ1) is 22.3. The summed E-state index contributed by atoms with van der Waals surface area (Å²) in [6.07, 6.45) is 3.25. The molecule has 2 N–H and O–H groups in total. The van der Waals surface area contributed by atoms with E-state index in [2.05, 4.69) is 55.3 Å². The van der Waals surface area contributed by atoms with Crippen LogP contribution in [0, 0.1) is 0 Å². The van der Waals surface area contributed by atoms with Gasteiger partial charge in [-0.15, -0.1) is 0 Å². The molecule has 9 heteroatoms. The Morgan fingerprint density at radius 3 is 2.62 bits per heavy atom. The summed E-state index contributed by atoms with van der Waals surface area (Å²) in [5, 5.41) is 3.15. The van der Waals surface area contributed by atoms with E-state index in [1.807, 2.05) is 19.1 Å². The highest BCUT2D eigenvalue weighted by molar-refractivity contribution is 6.33. The Kier molecular flexibility index (Phi) is 6.17. The predicted octanol–water partition coefficient (Wildman–Crippen LogP) is 3.84. The summed E-state index contributed by atoms with van der Waals surface area (Å²) >= 11 is 6.41. The lowest BCUT2D eigenvalue weighted by Crippen LogP contribution is -2.44. The molecular formula is C25H26ClN7O. The average Bonchev–Trinajstić information content (AvgIpc) is 3.28. The fourth-order valence-electron chi connectivity index (χ4n) is 4.09. The number of pyridine rings is 2. The fourth-order valence-corrected chi connectivity index (χ4v) is 4.37. The number of nitrogens with zero attached hydrogens (tertiary/aromatic N) is 5. The van der Waals surface area contributed by atoms with Crippen molar-refractivity contribution in [3.05, 3.63) is 59.4 Å². The number of fused-ring (bicyclic) bond motifs is 1. The van der Waals surface area contributed by atoms with Crippen molar-refractivity contribution in [1.82, 2.24) is 30.2 Å². The van der Waals surface area contributed by atoms with Crippen molar-refractivity contribution in [2.75, 3.05) is 44.7 Å². The second kappa shape index (κ2) is 9.40. The topological polar surface area (TPSA) is 90.0 Å². The van der Waals surface area contributed by atoms with Gasteiger partial charge >= 0.3 is 0 Å². The zero-order chi connectivity index (χ0) is 23.7. The van der Waals surface area contributed by atoms with E-state index in [1.165, 1.54) is 11.9 Å². The third-order valence-corrected chi connectivity index (χ3v) is 6.34. The molecule has 1 aliphatic heterocycles. The molecule has 1 amide bonds. The molecule has 0 radical (unpaired) electrons. The number of aromatic nitrogens is 4. The monoisotopic (exact) mass is 475 g/mol. The molecule has 0 atom stereocenters. The smallest absolute Gasteiger partial charge is 0.252 e. The molecule has 174 valence electrons. The lowest BCUT2D eigenvalue weighted by molar-refractivity contribution is 0.0955. The van der Waals surface area contributed by atoms with E-state index >= 15 is 0 Å². The van der Waals surface area contributed by atoms with Crippen LogP contribution < -0.4 is 10.2 Å². The quantitative estimate of drug-likeness (QED) is 0.456. The Labute approximate surface area is 203 Å². The normalized spacial score (nSPS) is 14.5. The number of nitrogens with one attached hydrogen (secondary N) is 2. The van der Waals surface area contributed by atoms with Gasteiger partial charge in [-0.25, -0.2) is 4.98 Å². The third kappa shape index (κ3) is 4.47. The van der Waals surface area contributed by atoms with Crippen LogP contribution in [0.4, 0.5) is 5.69 Å². The van der Waals surface area contributed by atoms with Crippen molar-refractivity contribution >= 4 is 34.2 Å². The van der Waals surface area contributed by atoms with Gasteiger partial charge in [0.15, 0.2) is 5.82 Å². The molecule has 0 saturated carbocycles. The molecule has 1 saturated heterocycles. The summed E-state index contributed by atoms with van der Waals surface area (Å²) in [5.41, 5.74) is 5.61. The van der Waals surface area contributed by atoms with Crippen LogP contribution in [0.3, 0.4) is 0 Å². The number of benzene rings is 1. The number of carbonyl (C=O) groups is 1. The number of imidazole rings is 1. The highest BCUT2D eigenvalue weighted by Crippen LogP contribution is 2.28. The van der Waals surface area contributed by atoms with Crippen molar-refractivity contribution in [2.45, 2.75) is 6.92 Å². The van der Waals surface area contributed by atoms with E-state index in [0.29, 0.717) is 28.6 Å². The van der Waals surface area contributed by atoms with Crippen molar-refractivity contribution in [3.63, 3.8) is 0 Å². The minimum absolute atomic E-state index is 0.197. The standard InChI is InChI=1S/C25H26ClN7O/c1-3-27-25(34)17-12-19(26)23(29-15-17)16-4-6-21(28-14-16)24-30-20-7-5-18(13-22(20)31-24)33-10-8-32(2)9-11-33/h4-7,12-15H,3,8-11H2,1-2H3,(H,27,34)(H,30,31). The van der Waals surface area contributed by atoms with Crippen LogP contribution in [0.1, 0.15) is 17.3 Å². The molecule has 0 spiro atoms. The maximum atomic E-state index is 12.0. The lowest BCUT2D eigenvalue weighted by Gasteiger charge is -2.34. The predicted molar refractivity (Wildman–Crippen MR) is 135 cm³/mol. The molecule has 34 heavy (non-hydrogen) atoms. The van der Waals surface area contributed by atoms with Crippen LogP contribution in [0.25, 0.3) is 33.8 Å². The number of rotatable bonds is 5. The summed E-state index contributed by atoms with van der Waals surface area (Å²) in [4.78, 5) is 33.8. The number of halogens is 1. The zero-order valence-electron chi connectivity index (χ0n) is 19.2. The van der Waals surface area contributed by atoms with Crippen LogP contribution >= 0.6 is 11.6 Å². The minimum atomic E-state index is -0.197. The largest absolute Gasteiger partial charge is 0.369 e. The highest BCUT2D eigenvalue weighted by Gasteiger charge is 2.16. The average molecular weight is 476 g/mol. The molecule has 0 aliphatic carbocycles. The molecule has 3 aromatic heterocycles. The number of aromatic amines is 1. The van der Waals surface area contributed by atoms with Gasteiger partial charge < -0.3 is 20.1 Å². The Balaban J connectivity index is 1.37. The van der Waals surface area contributed by atoms with E-state index in [1.54, 1.807) is 12.3 Å². The number of hydrogen-bond acceptors (Lipinski definition) is 6. The molecule has 0 bridgehead atoms. The van der Waals surface area contributed by atoms with E-state index in [9.17, 15) is 4.79 Å². The molecule has 1 fully saturated rings. The number of amides is 1. The number of piperazine rings is 1. The zero-order valence-corrected chi connectivity index (χ0v) is 19.9. The SMILES string of the molecule is CCNC(=O)c1cnc(-c2ccc(-c3nc4ccc(N5CCN(C)CC5)cc4[nH]3)nc2)c(Cl)c1. The first-order chi connectivity index (χ1) is 16.5. The van der Waals surface area contributed by atoms with Gasteiger partial charge in [0.25, 0.3) is 5.91 Å². The van der Waals surface area contributed by atoms with E-state index < -0.39 is 0 Å². The van der Waals surface area contributed by atoms with Gasteiger partial charge in [-0.3, -0.25) is 14.8 Å². The number of carbonyl (C=O) groups excluding carboxylic acids is 1. The summed E-state index contributed by atoms with van der Waals surface area (Å²) in [6.45, 7) is 6.58. The second-order valence-electron chi connectivity index (χ2n) is 8.42. The summed E-state index contributed by atoms with van der Waals surface area (Å²) in [6, 6.07) is 11.8. The van der Waals surface area contributed by atoms with Crippen molar-refractivity contribution < 1.29 is 4.79 Å². The van der Waals surface area contributed by atoms with Gasteiger partial charge in [0.05, 0.1) is 27.3 Å². The summed E-state index contributed by atoms with van der Waals surface area (Å²) in [7, 11) is 2.16. The maximum Gasteiger partial charge on any atom is 0.252 e. The Bertz CT molecular complexity index is 1330. The van der Waals surface area contributed by atoms with Gasteiger partial charge in [-0.2, -0.15) is 0 Å². The van der Waals surface area contributed by atoms with Crippen LogP contribution in [0.5, 0.6) is 0 Å². The first-order valence-electron chi connectivity index (χ1n) is 11.4. The second-order valence-corrected chi connectivity index (χ2v) is 8.83. The molecule has 8 nitrogen and oxygen atoms in total.